The second-order valence-corrected chi connectivity index (χ2v) is 6.79. The summed E-state index contributed by atoms with van der Waals surface area (Å²) in [6.07, 6.45) is 2.70. The summed E-state index contributed by atoms with van der Waals surface area (Å²) in [4.78, 5) is 11.0. The van der Waals surface area contributed by atoms with E-state index < -0.39 is 0 Å². The maximum atomic E-state index is 5.63. The van der Waals surface area contributed by atoms with E-state index in [9.17, 15) is 0 Å². The molecule has 1 saturated carbocycles. The lowest BCUT2D eigenvalue weighted by Crippen LogP contribution is -2.40. The van der Waals surface area contributed by atoms with E-state index in [1.165, 1.54) is 12.8 Å². The molecule has 1 aliphatic rings. The van der Waals surface area contributed by atoms with Gasteiger partial charge >= 0.3 is 0 Å². The number of aromatic nitrogens is 1. The minimum atomic E-state index is 0. The molecule has 0 radical (unpaired) electrons. The van der Waals surface area contributed by atoms with Crippen LogP contribution in [0.3, 0.4) is 0 Å². The van der Waals surface area contributed by atoms with Crippen molar-refractivity contribution in [2.24, 2.45) is 10.9 Å². The normalized spacial score (nSPS) is 15.8. The first-order valence-corrected chi connectivity index (χ1v) is 8.98. The van der Waals surface area contributed by atoms with Crippen molar-refractivity contribution in [3.63, 3.8) is 0 Å². The Labute approximate surface area is 166 Å². The molecule has 0 spiro atoms. The minimum Gasteiger partial charge on any atom is -0.379 e. The molecule has 138 valence electrons. The van der Waals surface area contributed by atoms with Gasteiger partial charge in [-0.3, -0.25) is 4.99 Å². The number of methoxy groups -OCH3 is 1. The Hall–Kier alpha value is -0.450. The van der Waals surface area contributed by atoms with Crippen LogP contribution in [-0.4, -0.2) is 56.8 Å². The van der Waals surface area contributed by atoms with Gasteiger partial charge in [0.15, 0.2) is 5.96 Å². The number of halogens is 1. The van der Waals surface area contributed by atoms with E-state index in [1.807, 2.05) is 14.0 Å². The number of thiazole rings is 1. The van der Waals surface area contributed by atoms with Gasteiger partial charge in [0.25, 0.3) is 0 Å². The molecule has 2 rings (SSSR count). The minimum absolute atomic E-state index is 0. The summed E-state index contributed by atoms with van der Waals surface area (Å²) in [5.41, 5.74) is 1.03. The maximum absolute atomic E-state index is 5.63. The number of hydrogen-bond acceptors (Lipinski definition) is 5. The summed E-state index contributed by atoms with van der Waals surface area (Å²) in [5, 5.41) is 6.41. The fourth-order valence-corrected chi connectivity index (χ4v) is 3.00. The van der Waals surface area contributed by atoms with Crippen LogP contribution in [0.4, 0.5) is 0 Å². The highest BCUT2D eigenvalue weighted by molar-refractivity contribution is 14.0. The highest BCUT2D eigenvalue weighted by Gasteiger charge is 2.20. The zero-order valence-corrected chi connectivity index (χ0v) is 18.1. The van der Waals surface area contributed by atoms with Gasteiger partial charge in [-0.25, -0.2) is 4.98 Å². The van der Waals surface area contributed by atoms with Crippen LogP contribution in [0.2, 0.25) is 0 Å². The van der Waals surface area contributed by atoms with E-state index in [0.29, 0.717) is 0 Å². The van der Waals surface area contributed by atoms with Gasteiger partial charge in [-0.2, -0.15) is 0 Å². The van der Waals surface area contributed by atoms with Gasteiger partial charge in [0.1, 0.15) is 11.1 Å². The van der Waals surface area contributed by atoms with Crippen LogP contribution in [-0.2, 0) is 16.0 Å². The van der Waals surface area contributed by atoms with Crippen molar-refractivity contribution in [3.05, 3.63) is 16.1 Å². The zero-order chi connectivity index (χ0) is 16.7. The van der Waals surface area contributed by atoms with Gasteiger partial charge in [-0.15, -0.1) is 35.3 Å². The first kappa shape index (κ1) is 21.6. The second-order valence-electron chi connectivity index (χ2n) is 5.90. The molecule has 0 aromatic carbocycles. The molecular formula is C16H29IN4O2S. The Morgan fingerprint density at radius 1 is 1.54 bits per heavy atom. The Bertz CT molecular complexity index is 508. The fraction of sp³-hybridized carbons (Fsp3) is 0.750. The average molecular weight is 468 g/mol. The lowest BCUT2D eigenvalue weighted by atomic mass is 10.4. The molecule has 0 saturated heterocycles. The Morgan fingerprint density at radius 2 is 2.29 bits per heavy atom. The monoisotopic (exact) mass is 468 g/mol. The van der Waals surface area contributed by atoms with E-state index in [2.05, 4.69) is 25.6 Å². The smallest absolute Gasteiger partial charge is 0.193 e. The Balaban J connectivity index is 0.00000288. The van der Waals surface area contributed by atoms with Crippen LogP contribution >= 0.6 is 35.3 Å². The van der Waals surface area contributed by atoms with Gasteiger partial charge < -0.3 is 19.7 Å². The van der Waals surface area contributed by atoms with Crippen molar-refractivity contribution >= 4 is 41.3 Å². The van der Waals surface area contributed by atoms with Crippen molar-refractivity contribution in [3.8, 4) is 0 Å². The van der Waals surface area contributed by atoms with Gasteiger partial charge in [-0.05, 0) is 25.7 Å². The van der Waals surface area contributed by atoms with Crippen LogP contribution in [0.5, 0.6) is 0 Å². The number of aliphatic imine (C=N–C) groups is 1. The summed E-state index contributed by atoms with van der Waals surface area (Å²) in [7, 11) is 5.51. The van der Waals surface area contributed by atoms with Gasteiger partial charge in [0.05, 0.1) is 18.8 Å². The summed E-state index contributed by atoms with van der Waals surface area (Å²) in [6.45, 7) is 5.11. The molecule has 1 N–H and O–H groups in total. The van der Waals surface area contributed by atoms with Crippen molar-refractivity contribution in [1.29, 1.82) is 0 Å². The maximum Gasteiger partial charge on any atom is 0.193 e. The third-order valence-corrected chi connectivity index (χ3v) is 4.88. The largest absolute Gasteiger partial charge is 0.379 e. The molecule has 1 aromatic heterocycles. The lowest BCUT2D eigenvalue weighted by molar-refractivity contribution is 0.119. The molecule has 0 aliphatic heterocycles. The van der Waals surface area contributed by atoms with E-state index in [0.717, 1.165) is 48.9 Å². The second kappa shape index (κ2) is 11.2. The van der Waals surface area contributed by atoms with Crippen LogP contribution in [0, 0.1) is 5.92 Å². The summed E-state index contributed by atoms with van der Waals surface area (Å²) >= 11 is 1.63. The number of hydrogen-bond donors (Lipinski definition) is 1. The van der Waals surface area contributed by atoms with Crippen molar-refractivity contribution in [1.82, 2.24) is 15.2 Å². The first-order valence-electron chi connectivity index (χ1n) is 8.10. The molecule has 24 heavy (non-hydrogen) atoms. The van der Waals surface area contributed by atoms with E-state index in [-0.39, 0.29) is 30.1 Å². The molecular weight excluding hydrogens is 439 g/mol. The molecule has 0 bridgehead atoms. The predicted molar refractivity (Wildman–Crippen MR) is 109 cm³/mol. The van der Waals surface area contributed by atoms with Crippen molar-refractivity contribution < 1.29 is 9.47 Å². The third-order valence-electron chi connectivity index (χ3n) is 3.82. The molecule has 1 atom stereocenters. The Kier molecular flexibility index (Phi) is 10.1. The summed E-state index contributed by atoms with van der Waals surface area (Å²) < 4.78 is 10.9. The van der Waals surface area contributed by atoms with E-state index in [1.54, 1.807) is 25.5 Å². The summed E-state index contributed by atoms with van der Waals surface area (Å²) in [6, 6.07) is 0. The molecule has 1 aromatic rings. The van der Waals surface area contributed by atoms with Crippen LogP contribution in [0.25, 0.3) is 0 Å². The lowest BCUT2D eigenvalue weighted by Gasteiger charge is -2.21. The molecule has 1 fully saturated rings. The van der Waals surface area contributed by atoms with Crippen LogP contribution < -0.4 is 5.32 Å². The van der Waals surface area contributed by atoms with E-state index >= 15 is 0 Å². The van der Waals surface area contributed by atoms with Gasteiger partial charge in [-0.1, -0.05) is 0 Å². The van der Waals surface area contributed by atoms with Crippen LogP contribution in [0.15, 0.2) is 10.4 Å². The number of nitrogens with zero attached hydrogens (tertiary/aromatic N) is 3. The van der Waals surface area contributed by atoms with Gasteiger partial charge in [0.2, 0.25) is 0 Å². The number of nitrogens with one attached hydrogen (secondary N) is 1. The molecule has 1 heterocycles. The topological polar surface area (TPSA) is 59.0 Å². The molecule has 1 aliphatic carbocycles. The highest BCUT2D eigenvalue weighted by atomic mass is 127. The standard InChI is InChI=1S/C16H28N4O2S.HI/c1-12(21-4)15-19-14(11-23-15)9-20(3)16(17-2)18-7-8-22-10-13-5-6-13;/h11-13H,5-10H2,1-4H3,(H,17,18);1H. The fourth-order valence-electron chi connectivity index (χ4n) is 2.15. The quantitative estimate of drug-likeness (QED) is 0.262. The number of guanidine groups is 1. The van der Waals surface area contributed by atoms with Crippen LogP contribution in [0.1, 0.15) is 36.6 Å². The molecule has 6 nitrogen and oxygen atoms in total. The van der Waals surface area contributed by atoms with Crippen molar-refractivity contribution in [2.45, 2.75) is 32.4 Å². The number of ether oxygens (including phenoxy) is 2. The Morgan fingerprint density at radius 3 is 2.92 bits per heavy atom. The zero-order valence-electron chi connectivity index (χ0n) is 14.9. The van der Waals surface area contributed by atoms with Crippen molar-refractivity contribution in [2.75, 3.05) is 41.0 Å². The highest BCUT2D eigenvalue weighted by Crippen LogP contribution is 2.28. The molecule has 1 unspecified atom stereocenters. The van der Waals surface area contributed by atoms with E-state index in [4.69, 9.17) is 9.47 Å². The molecule has 8 heteroatoms. The van der Waals surface area contributed by atoms with Gasteiger partial charge in [0, 0.05) is 39.7 Å². The average Bonchev–Trinajstić information content (AvgIpc) is 3.27. The third kappa shape index (κ3) is 7.20. The summed E-state index contributed by atoms with van der Waals surface area (Å²) in [5.74, 6) is 1.67. The molecule has 0 amide bonds. The first-order chi connectivity index (χ1) is 11.1. The SMILES string of the molecule is CN=C(NCCOCC1CC1)N(C)Cc1csc(C(C)OC)n1.I. The predicted octanol–water partition coefficient (Wildman–Crippen LogP) is 2.90. The number of rotatable bonds is 9.